The van der Waals surface area contributed by atoms with E-state index in [1.165, 1.54) is 6.92 Å². The summed E-state index contributed by atoms with van der Waals surface area (Å²) < 4.78 is 0. The Balaban J connectivity index is 1.99. The molecule has 3 rings (SSSR count). The average molecular weight is 490 g/mol. The Kier molecular flexibility index (Phi) is 8.33. The summed E-state index contributed by atoms with van der Waals surface area (Å²) in [6.07, 6.45) is 1.94. The standard InChI is InChI=1S/C26H29Cl2NO4/c1-17(30)26(2,29-12-4-5-19(16-29)14-24(31)32)25(33)23(20-6-3-7-22(28)15-20)13-18-8-10-21(27)11-9-18/h3,6-11,15,19,23H,4-5,12-14,16H2,1-2H3,(H,31,32)/t19?,23-,26-/m1/s1. The summed E-state index contributed by atoms with van der Waals surface area (Å²) in [6, 6.07) is 14.5. The summed E-state index contributed by atoms with van der Waals surface area (Å²) in [4.78, 5) is 40.3. The molecule has 1 saturated heterocycles. The van der Waals surface area contributed by atoms with Crippen molar-refractivity contribution in [3.63, 3.8) is 0 Å². The number of nitrogens with zero attached hydrogens (tertiary/aromatic N) is 1. The number of Topliss-reactive ketones (excluding diaryl/α,β-unsaturated/α-hetero) is 2. The second-order valence-corrected chi connectivity index (χ2v) is 9.86. The fraction of sp³-hybridized carbons (Fsp3) is 0.423. The second kappa shape index (κ2) is 10.8. The molecule has 0 saturated carbocycles. The Morgan fingerprint density at radius 2 is 1.82 bits per heavy atom. The Bertz CT molecular complexity index is 1020. The van der Waals surface area contributed by atoms with Crippen molar-refractivity contribution in [1.29, 1.82) is 0 Å². The number of likely N-dealkylation sites (tertiary alicyclic amines) is 1. The molecule has 0 radical (unpaired) electrons. The molecule has 5 nitrogen and oxygen atoms in total. The molecule has 0 bridgehead atoms. The molecule has 0 aliphatic carbocycles. The van der Waals surface area contributed by atoms with Crippen LogP contribution in [0.1, 0.15) is 50.2 Å². The zero-order chi connectivity index (χ0) is 24.2. The van der Waals surface area contributed by atoms with Crippen molar-refractivity contribution < 1.29 is 19.5 Å². The van der Waals surface area contributed by atoms with Crippen LogP contribution in [0.25, 0.3) is 0 Å². The molecule has 2 aromatic rings. The number of piperidine rings is 1. The van der Waals surface area contributed by atoms with Crippen molar-refractivity contribution in [3.8, 4) is 0 Å². The molecule has 176 valence electrons. The maximum Gasteiger partial charge on any atom is 0.303 e. The summed E-state index contributed by atoms with van der Waals surface area (Å²) in [5.74, 6) is -2.01. The van der Waals surface area contributed by atoms with E-state index in [9.17, 15) is 19.5 Å². The second-order valence-electron chi connectivity index (χ2n) is 8.98. The number of ketones is 2. The highest BCUT2D eigenvalue weighted by atomic mass is 35.5. The van der Waals surface area contributed by atoms with Crippen LogP contribution in [0.3, 0.4) is 0 Å². The highest BCUT2D eigenvalue weighted by molar-refractivity contribution is 6.31. The summed E-state index contributed by atoms with van der Waals surface area (Å²) in [7, 11) is 0. The number of hydrogen-bond donors (Lipinski definition) is 1. The number of hydrogen-bond acceptors (Lipinski definition) is 4. The normalized spacial score (nSPS) is 19.5. The molecule has 0 amide bonds. The van der Waals surface area contributed by atoms with Gasteiger partial charge in [-0.2, -0.15) is 0 Å². The highest BCUT2D eigenvalue weighted by Crippen LogP contribution is 2.35. The van der Waals surface area contributed by atoms with Crippen LogP contribution in [0, 0.1) is 5.92 Å². The van der Waals surface area contributed by atoms with Crippen LogP contribution in [-0.4, -0.2) is 46.2 Å². The van der Waals surface area contributed by atoms with Crippen molar-refractivity contribution in [3.05, 3.63) is 69.7 Å². The first-order valence-electron chi connectivity index (χ1n) is 11.1. The van der Waals surface area contributed by atoms with Gasteiger partial charge in [-0.15, -0.1) is 0 Å². The van der Waals surface area contributed by atoms with Crippen molar-refractivity contribution in [2.75, 3.05) is 13.1 Å². The molecular weight excluding hydrogens is 461 g/mol. The lowest BCUT2D eigenvalue weighted by molar-refractivity contribution is -0.144. The number of halogens is 2. The summed E-state index contributed by atoms with van der Waals surface area (Å²) >= 11 is 12.3. The molecule has 1 N–H and O–H groups in total. The molecule has 1 heterocycles. The van der Waals surface area contributed by atoms with Gasteiger partial charge in [-0.05, 0) is 81.0 Å². The van der Waals surface area contributed by atoms with Gasteiger partial charge in [0.2, 0.25) is 0 Å². The number of rotatable bonds is 9. The van der Waals surface area contributed by atoms with E-state index in [-0.39, 0.29) is 23.9 Å². The molecule has 1 aliphatic heterocycles. The molecule has 1 fully saturated rings. The van der Waals surface area contributed by atoms with E-state index < -0.39 is 17.4 Å². The summed E-state index contributed by atoms with van der Waals surface area (Å²) in [5, 5.41) is 10.4. The van der Waals surface area contributed by atoms with E-state index in [1.807, 2.05) is 23.1 Å². The Labute approximate surface area is 204 Å². The van der Waals surface area contributed by atoms with Gasteiger partial charge in [-0.3, -0.25) is 19.3 Å². The molecule has 0 spiro atoms. The quantitative estimate of drug-likeness (QED) is 0.475. The van der Waals surface area contributed by atoms with Crippen molar-refractivity contribution in [2.24, 2.45) is 5.92 Å². The highest BCUT2D eigenvalue weighted by Gasteiger charge is 2.48. The lowest BCUT2D eigenvalue weighted by atomic mass is 9.76. The first kappa shape index (κ1) is 25.4. The van der Waals surface area contributed by atoms with Gasteiger partial charge in [-0.1, -0.05) is 47.5 Å². The number of carbonyl (C=O) groups is 3. The van der Waals surface area contributed by atoms with Gasteiger partial charge in [-0.25, -0.2) is 0 Å². The van der Waals surface area contributed by atoms with E-state index in [4.69, 9.17) is 23.2 Å². The van der Waals surface area contributed by atoms with Crippen LogP contribution in [0.5, 0.6) is 0 Å². The SMILES string of the molecule is CC(=O)[C@](C)(C(=O)[C@H](Cc1ccc(Cl)cc1)c1cccc(Cl)c1)N1CCCC(CC(=O)O)C1. The smallest absolute Gasteiger partial charge is 0.303 e. The zero-order valence-electron chi connectivity index (χ0n) is 18.9. The average Bonchev–Trinajstić information content (AvgIpc) is 2.77. The third-order valence-electron chi connectivity index (χ3n) is 6.70. The fourth-order valence-electron chi connectivity index (χ4n) is 4.72. The maximum absolute atomic E-state index is 14.2. The molecule has 1 unspecified atom stereocenters. The van der Waals surface area contributed by atoms with Crippen LogP contribution in [-0.2, 0) is 20.8 Å². The summed E-state index contributed by atoms with van der Waals surface area (Å²) in [6.45, 7) is 4.09. The van der Waals surface area contributed by atoms with Gasteiger partial charge in [0.25, 0.3) is 0 Å². The first-order chi connectivity index (χ1) is 15.6. The van der Waals surface area contributed by atoms with Crippen LogP contribution >= 0.6 is 23.2 Å². The largest absolute Gasteiger partial charge is 0.481 e. The van der Waals surface area contributed by atoms with Gasteiger partial charge >= 0.3 is 5.97 Å². The molecule has 33 heavy (non-hydrogen) atoms. The lowest BCUT2D eigenvalue weighted by Crippen LogP contribution is -2.61. The Morgan fingerprint density at radius 3 is 2.42 bits per heavy atom. The predicted molar refractivity (Wildman–Crippen MR) is 130 cm³/mol. The molecule has 2 aromatic carbocycles. The minimum atomic E-state index is -1.36. The Hall–Kier alpha value is -2.21. The van der Waals surface area contributed by atoms with Gasteiger partial charge in [0, 0.05) is 28.9 Å². The van der Waals surface area contributed by atoms with Gasteiger partial charge in [0.1, 0.15) is 5.54 Å². The van der Waals surface area contributed by atoms with Gasteiger partial charge in [0.15, 0.2) is 11.6 Å². The van der Waals surface area contributed by atoms with Crippen LogP contribution < -0.4 is 0 Å². The number of carbonyl (C=O) groups excluding carboxylic acids is 2. The fourth-order valence-corrected chi connectivity index (χ4v) is 5.04. The van der Waals surface area contributed by atoms with E-state index in [0.29, 0.717) is 29.6 Å². The van der Waals surface area contributed by atoms with Gasteiger partial charge < -0.3 is 5.11 Å². The lowest BCUT2D eigenvalue weighted by Gasteiger charge is -2.44. The van der Waals surface area contributed by atoms with E-state index >= 15 is 0 Å². The van der Waals surface area contributed by atoms with Crippen molar-refractivity contribution in [1.82, 2.24) is 4.90 Å². The van der Waals surface area contributed by atoms with Crippen LogP contribution in [0.2, 0.25) is 10.0 Å². The zero-order valence-corrected chi connectivity index (χ0v) is 20.4. The number of carboxylic acid groups (broad SMARTS) is 1. The van der Waals surface area contributed by atoms with E-state index in [1.54, 1.807) is 37.3 Å². The molecule has 7 heteroatoms. The third kappa shape index (κ3) is 6.03. The van der Waals surface area contributed by atoms with Crippen LogP contribution in [0.15, 0.2) is 48.5 Å². The van der Waals surface area contributed by atoms with Crippen molar-refractivity contribution >= 4 is 40.7 Å². The van der Waals surface area contributed by atoms with Crippen LogP contribution in [0.4, 0.5) is 0 Å². The van der Waals surface area contributed by atoms with Crippen molar-refractivity contribution in [2.45, 2.75) is 51.0 Å². The molecule has 1 aliphatic rings. The van der Waals surface area contributed by atoms with Gasteiger partial charge in [0.05, 0.1) is 0 Å². The summed E-state index contributed by atoms with van der Waals surface area (Å²) in [5.41, 5.74) is 0.302. The number of aliphatic carboxylic acids is 1. The topological polar surface area (TPSA) is 74.7 Å². The molecular formula is C26H29Cl2NO4. The van der Waals surface area contributed by atoms with E-state index in [0.717, 1.165) is 24.0 Å². The minimum Gasteiger partial charge on any atom is -0.481 e. The number of carboxylic acids is 1. The molecule has 0 aromatic heterocycles. The first-order valence-corrected chi connectivity index (χ1v) is 11.9. The minimum absolute atomic E-state index is 0.0289. The maximum atomic E-state index is 14.2. The third-order valence-corrected chi connectivity index (χ3v) is 7.19. The molecule has 3 atom stereocenters. The monoisotopic (exact) mass is 489 g/mol. The predicted octanol–water partition coefficient (Wildman–Crippen LogP) is 5.42. The Morgan fingerprint density at radius 1 is 1.12 bits per heavy atom. The number of benzene rings is 2. The van der Waals surface area contributed by atoms with E-state index in [2.05, 4.69) is 0 Å².